The van der Waals surface area contributed by atoms with Gasteiger partial charge >= 0.3 is 5.97 Å². The van der Waals surface area contributed by atoms with Gasteiger partial charge in [-0.3, -0.25) is 4.79 Å². The molecule has 2 aromatic heterocycles. The summed E-state index contributed by atoms with van der Waals surface area (Å²) in [7, 11) is 0. The molecule has 0 atom stereocenters. The van der Waals surface area contributed by atoms with Gasteiger partial charge in [0.15, 0.2) is 12.4 Å². The number of esters is 1. The lowest BCUT2D eigenvalue weighted by molar-refractivity contribution is -0.158. The van der Waals surface area contributed by atoms with Crippen molar-refractivity contribution in [1.29, 1.82) is 0 Å². The van der Waals surface area contributed by atoms with Crippen LogP contribution in [0.15, 0.2) is 28.8 Å². The molecule has 4 rings (SSSR count). The van der Waals surface area contributed by atoms with Gasteiger partial charge in [0, 0.05) is 6.42 Å². The van der Waals surface area contributed by atoms with Crippen LogP contribution in [0.3, 0.4) is 0 Å². The number of fused-ring (bicyclic) bond motifs is 1. The van der Waals surface area contributed by atoms with Crippen molar-refractivity contribution in [2.75, 3.05) is 0 Å². The van der Waals surface area contributed by atoms with E-state index in [0.717, 1.165) is 40.9 Å². The van der Waals surface area contributed by atoms with E-state index in [1.165, 1.54) is 0 Å². The molecule has 2 heterocycles. The second-order valence-electron chi connectivity index (χ2n) is 6.55. The fourth-order valence-corrected chi connectivity index (χ4v) is 4.58. The third-order valence-corrected chi connectivity index (χ3v) is 5.75. The van der Waals surface area contributed by atoms with E-state index in [-0.39, 0.29) is 12.6 Å². The van der Waals surface area contributed by atoms with E-state index in [2.05, 4.69) is 16.2 Å². The van der Waals surface area contributed by atoms with Gasteiger partial charge < -0.3 is 9.26 Å². The van der Waals surface area contributed by atoms with Gasteiger partial charge in [-0.1, -0.05) is 30.1 Å². The molecule has 1 aliphatic rings. The molecule has 1 aliphatic carbocycles. The van der Waals surface area contributed by atoms with Gasteiger partial charge in [0.1, 0.15) is 0 Å². The summed E-state index contributed by atoms with van der Waals surface area (Å²) in [6.45, 7) is 1.77. The van der Waals surface area contributed by atoms with Crippen LogP contribution in [0.25, 0.3) is 10.2 Å². The van der Waals surface area contributed by atoms with Crippen LogP contribution in [0.5, 0.6) is 0 Å². The molecule has 3 aromatic rings. The van der Waals surface area contributed by atoms with Gasteiger partial charge in [-0.05, 0) is 31.9 Å². The Balaban J connectivity index is 1.51. The molecular weight excluding hydrogens is 338 g/mol. The standard InChI is InChI=1S/C18H19N3O3S/c1-12-19-15(24-21-12)11-23-17(22)18(8-4-5-9-18)10-16-20-13-6-2-3-7-14(13)25-16/h2-3,6-7H,4-5,8-11H2,1H3. The van der Waals surface area contributed by atoms with Crippen LogP contribution >= 0.6 is 11.3 Å². The van der Waals surface area contributed by atoms with Crippen LogP contribution in [0.2, 0.25) is 0 Å². The Morgan fingerprint density at radius 3 is 2.80 bits per heavy atom. The van der Waals surface area contributed by atoms with Gasteiger partial charge in [-0.2, -0.15) is 4.98 Å². The van der Waals surface area contributed by atoms with Crippen LogP contribution in [-0.4, -0.2) is 21.1 Å². The second kappa shape index (κ2) is 6.55. The lowest BCUT2D eigenvalue weighted by atomic mass is 9.83. The SMILES string of the molecule is Cc1noc(COC(=O)C2(Cc3nc4ccccc4s3)CCCC2)n1. The third-order valence-electron chi connectivity index (χ3n) is 4.72. The highest BCUT2D eigenvalue weighted by Gasteiger charge is 2.43. The van der Waals surface area contributed by atoms with Crippen LogP contribution in [0.4, 0.5) is 0 Å². The molecule has 0 spiro atoms. The molecule has 0 bridgehead atoms. The lowest BCUT2D eigenvalue weighted by Crippen LogP contribution is -2.32. The normalized spacial score (nSPS) is 16.4. The Labute approximate surface area is 149 Å². The fraction of sp³-hybridized carbons (Fsp3) is 0.444. The minimum absolute atomic E-state index is 0.0290. The zero-order chi connectivity index (χ0) is 17.3. The van der Waals surface area contributed by atoms with Crippen molar-refractivity contribution in [1.82, 2.24) is 15.1 Å². The fourth-order valence-electron chi connectivity index (χ4n) is 3.47. The van der Waals surface area contributed by atoms with Crippen molar-refractivity contribution in [3.8, 4) is 0 Å². The Morgan fingerprint density at radius 1 is 1.28 bits per heavy atom. The number of hydrogen-bond acceptors (Lipinski definition) is 7. The number of carbonyl (C=O) groups excluding carboxylic acids is 1. The minimum atomic E-state index is -0.483. The van der Waals surface area contributed by atoms with Gasteiger partial charge in [-0.15, -0.1) is 11.3 Å². The number of aromatic nitrogens is 3. The molecule has 6 nitrogen and oxygen atoms in total. The molecule has 25 heavy (non-hydrogen) atoms. The number of hydrogen-bond donors (Lipinski definition) is 0. The van der Waals surface area contributed by atoms with Crippen molar-refractivity contribution < 1.29 is 14.1 Å². The first-order valence-electron chi connectivity index (χ1n) is 8.46. The van der Waals surface area contributed by atoms with Crippen molar-refractivity contribution in [3.05, 3.63) is 41.0 Å². The van der Waals surface area contributed by atoms with Crippen LogP contribution in [-0.2, 0) is 22.6 Å². The summed E-state index contributed by atoms with van der Waals surface area (Å²) in [4.78, 5) is 21.6. The van der Waals surface area contributed by atoms with E-state index in [1.807, 2.05) is 18.2 Å². The summed E-state index contributed by atoms with van der Waals surface area (Å²) >= 11 is 1.66. The molecule has 0 aliphatic heterocycles. The predicted octanol–water partition coefficient (Wildman–Crippen LogP) is 3.83. The largest absolute Gasteiger partial charge is 0.455 e. The highest BCUT2D eigenvalue weighted by molar-refractivity contribution is 7.18. The van der Waals surface area contributed by atoms with Crippen molar-refractivity contribution in [3.63, 3.8) is 0 Å². The quantitative estimate of drug-likeness (QED) is 0.646. The van der Waals surface area contributed by atoms with E-state index in [9.17, 15) is 4.79 Å². The molecule has 7 heteroatoms. The van der Waals surface area contributed by atoms with Crippen LogP contribution in [0, 0.1) is 12.3 Å². The van der Waals surface area contributed by atoms with Crippen molar-refractivity contribution in [2.24, 2.45) is 5.41 Å². The Morgan fingerprint density at radius 2 is 2.08 bits per heavy atom. The van der Waals surface area contributed by atoms with Gasteiger partial charge in [0.2, 0.25) is 0 Å². The number of para-hydroxylation sites is 1. The zero-order valence-electron chi connectivity index (χ0n) is 14.0. The summed E-state index contributed by atoms with van der Waals surface area (Å²) in [5, 5.41) is 4.71. The predicted molar refractivity (Wildman–Crippen MR) is 93.1 cm³/mol. The molecule has 130 valence electrons. The molecule has 0 amide bonds. The number of rotatable bonds is 5. The number of thiazole rings is 1. The monoisotopic (exact) mass is 357 g/mol. The summed E-state index contributed by atoms with van der Waals surface area (Å²) in [5.41, 5.74) is 0.508. The average molecular weight is 357 g/mol. The van der Waals surface area contributed by atoms with E-state index in [4.69, 9.17) is 14.2 Å². The molecule has 1 saturated carbocycles. The van der Waals surface area contributed by atoms with Crippen molar-refractivity contribution in [2.45, 2.75) is 45.6 Å². The number of carbonyl (C=O) groups is 1. The maximum Gasteiger partial charge on any atom is 0.313 e. The minimum Gasteiger partial charge on any atom is -0.455 e. The summed E-state index contributed by atoms with van der Waals surface area (Å²) in [6.07, 6.45) is 4.39. The molecule has 0 radical (unpaired) electrons. The first-order chi connectivity index (χ1) is 12.1. The highest BCUT2D eigenvalue weighted by atomic mass is 32.1. The molecule has 0 unspecified atom stereocenters. The number of aryl methyl sites for hydroxylation is 1. The number of ether oxygens (including phenoxy) is 1. The zero-order valence-corrected chi connectivity index (χ0v) is 14.8. The van der Waals surface area contributed by atoms with E-state index in [0.29, 0.717) is 18.1 Å². The number of nitrogens with zero attached hydrogens (tertiary/aromatic N) is 3. The first kappa shape index (κ1) is 16.2. The van der Waals surface area contributed by atoms with Crippen LogP contribution < -0.4 is 0 Å². The maximum atomic E-state index is 12.8. The molecular formula is C18H19N3O3S. The summed E-state index contributed by atoms with van der Waals surface area (Å²) < 4.78 is 11.7. The smallest absolute Gasteiger partial charge is 0.313 e. The third kappa shape index (κ3) is 3.28. The lowest BCUT2D eigenvalue weighted by Gasteiger charge is -2.25. The van der Waals surface area contributed by atoms with E-state index >= 15 is 0 Å². The van der Waals surface area contributed by atoms with Crippen LogP contribution in [0.1, 0.15) is 42.4 Å². The highest BCUT2D eigenvalue weighted by Crippen LogP contribution is 2.43. The van der Waals surface area contributed by atoms with Gasteiger partial charge in [0.25, 0.3) is 5.89 Å². The Hall–Kier alpha value is -2.28. The Kier molecular flexibility index (Phi) is 4.25. The Bertz CT molecular complexity index is 863. The molecule has 0 saturated heterocycles. The summed E-state index contributed by atoms with van der Waals surface area (Å²) in [5.74, 6) is 0.690. The molecule has 0 N–H and O–H groups in total. The topological polar surface area (TPSA) is 78.1 Å². The van der Waals surface area contributed by atoms with E-state index < -0.39 is 5.41 Å². The summed E-state index contributed by atoms with van der Waals surface area (Å²) in [6, 6.07) is 8.06. The van der Waals surface area contributed by atoms with Crippen molar-refractivity contribution >= 4 is 27.5 Å². The van der Waals surface area contributed by atoms with Gasteiger partial charge in [0.05, 0.1) is 20.6 Å². The second-order valence-corrected chi connectivity index (χ2v) is 7.67. The molecule has 1 fully saturated rings. The first-order valence-corrected chi connectivity index (χ1v) is 9.27. The maximum absolute atomic E-state index is 12.8. The number of benzene rings is 1. The van der Waals surface area contributed by atoms with E-state index in [1.54, 1.807) is 18.3 Å². The molecule has 1 aromatic carbocycles. The van der Waals surface area contributed by atoms with Gasteiger partial charge in [-0.25, -0.2) is 4.98 Å². The average Bonchev–Trinajstić information content (AvgIpc) is 3.32.